The second-order valence-corrected chi connectivity index (χ2v) is 6.23. The Morgan fingerprint density at radius 2 is 2.00 bits per heavy atom. The van der Waals surface area contributed by atoms with E-state index >= 15 is 0 Å². The lowest BCUT2D eigenvalue weighted by Crippen LogP contribution is -2.28. The van der Waals surface area contributed by atoms with Crippen molar-refractivity contribution >= 4 is 21.8 Å². The van der Waals surface area contributed by atoms with Crippen LogP contribution >= 0.6 is 15.9 Å². The third-order valence-corrected chi connectivity index (χ3v) is 4.39. The number of hydrogen-bond donors (Lipinski definition) is 1. The molecule has 0 bridgehead atoms. The molecule has 0 radical (unpaired) electrons. The Morgan fingerprint density at radius 1 is 1.24 bits per heavy atom. The van der Waals surface area contributed by atoms with Crippen LogP contribution in [0.1, 0.15) is 34.5 Å². The van der Waals surface area contributed by atoms with Crippen molar-refractivity contribution in [3.63, 3.8) is 0 Å². The van der Waals surface area contributed by atoms with Crippen molar-refractivity contribution in [3.8, 4) is 0 Å². The molecule has 1 aliphatic carbocycles. The predicted octanol–water partition coefficient (Wildman–Crippen LogP) is 2.95. The zero-order valence-electron chi connectivity index (χ0n) is 11.8. The molecule has 0 unspecified atom stereocenters. The molecule has 3 rings (SSSR count). The largest absolute Gasteiger partial charge is 0.350 e. The van der Waals surface area contributed by atoms with E-state index in [4.69, 9.17) is 0 Å². The van der Waals surface area contributed by atoms with Crippen LogP contribution in [-0.2, 0) is 19.4 Å². The van der Waals surface area contributed by atoms with E-state index in [2.05, 4.69) is 26.3 Å². The number of nitrogens with zero attached hydrogens (tertiary/aromatic N) is 2. The number of aromatic nitrogens is 2. The van der Waals surface area contributed by atoms with Crippen LogP contribution in [0.5, 0.6) is 0 Å². The van der Waals surface area contributed by atoms with E-state index in [0.29, 0.717) is 12.1 Å². The molecule has 21 heavy (non-hydrogen) atoms. The van der Waals surface area contributed by atoms with Crippen molar-refractivity contribution in [2.24, 2.45) is 0 Å². The lowest BCUT2D eigenvalue weighted by molar-refractivity contribution is 0.0952. The van der Waals surface area contributed by atoms with Crippen molar-refractivity contribution in [2.45, 2.75) is 32.2 Å². The lowest BCUT2D eigenvalue weighted by Gasteiger charge is -2.14. The molecule has 1 heterocycles. The van der Waals surface area contributed by atoms with E-state index in [0.717, 1.165) is 23.9 Å². The zero-order valence-corrected chi connectivity index (χ0v) is 13.4. The molecule has 110 valence electrons. The van der Waals surface area contributed by atoms with Crippen molar-refractivity contribution < 1.29 is 4.79 Å². The summed E-state index contributed by atoms with van der Waals surface area (Å²) in [5.41, 5.74) is 3.40. The Balaban J connectivity index is 1.55. The standard InChI is InChI=1S/C16H18BrN3O/c17-14-7-5-12(6-8-14)16(21)18-9-10-20-15-4-2-1-3-13(15)11-19-20/h5-8,11H,1-4,9-10H2,(H,18,21). The number of aryl methyl sites for hydroxylation is 1. The predicted molar refractivity (Wildman–Crippen MR) is 85.3 cm³/mol. The highest BCUT2D eigenvalue weighted by Gasteiger charge is 2.14. The Morgan fingerprint density at radius 3 is 2.81 bits per heavy atom. The van der Waals surface area contributed by atoms with E-state index in [9.17, 15) is 4.79 Å². The van der Waals surface area contributed by atoms with E-state index in [1.807, 2.05) is 35.1 Å². The molecule has 2 aromatic rings. The van der Waals surface area contributed by atoms with Crippen LogP contribution in [-0.4, -0.2) is 22.2 Å². The van der Waals surface area contributed by atoms with Gasteiger partial charge in [0.25, 0.3) is 5.91 Å². The number of carbonyl (C=O) groups excluding carboxylic acids is 1. The molecule has 4 nitrogen and oxygen atoms in total. The molecular weight excluding hydrogens is 330 g/mol. The number of benzene rings is 1. The summed E-state index contributed by atoms with van der Waals surface area (Å²) in [6, 6.07) is 7.38. The van der Waals surface area contributed by atoms with Gasteiger partial charge in [0.05, 0.1) is 12.7 Å². The molecule has 0 spiro atoms. The highest BCUT2D eigenvalue weighted by atomic mass is 79.9. The van der Waals surface area contributed by atoms with Gasteiger partial charge in [0, 0.05) is 22.3 Å². The molecule has 0 saturated heterocycles. The average molecular weight is 348 g/mol. The van der Waals surface area contributed by atoms with Crippen LogP contribution in [0.3, 0.4) is 0 Å². The van der Waals surface area contributed by atoms with Crippen molar-refractivity contribution in [1.82, 2.24) is 15.1 Å². The van der Waals surface area contributed by atoms with Gasteiger partial charge < -0.3 is 5.32 Å². The molecule has 1 N–H and O–H groups in total. The lowest BCUT2D eigenvalue weighted by atomic mass is 9.98. The highest BCUT2D eigenvalue weighted by molar-refractivity contribution is 9.10. The van der Waals surface area contributed by atoms with E-state index in [1.165, 1.54) is 24.1 Å². The summed E-state index contributed by atoms with van der Waals surface area (Å²) < 4.78 is 3.01. The second-order valence-electron chi connectivity index (χ2n) is 5.31. The van der Waals surface area contributed by atoms with Crippen LogP contribution in [0.15, 0.2) is 34.9 Å². The third-order valence-electron chi connectivity index (χ3n) is 3.86. The maximum Gasteiger partial charge on any atom is 0.251 e. The number of nitrogens with one attached hydrogen (secondary N) is 1. The Hall–Kier alpha value is -1.62. The quantitative estimate of drug-likeness (QED) is 0.924. The first-order valence-electron chi connectivity index (χ1n) is 7.31. The molecule has 1 amide bonds. The highest BCUT2D eigenvalue weighted by Crippen LogP contribution is 2.20. The Kier molecular flexibility index (Phi) is 4.39. The molecule has 1 aromatic carbocycles. The SMILES string of the molecule is O=C(NCCn1ncc2c1CCCC2)c1ccc(Br)cc1. The van der Waals surface area contributed by atoms with Gasteiger partial charge >= 0.3 is 0 Å². The number of fused-ring (bicyclic) bond motifs is 1. The summed E-state index contributed by atoms with van der Waals surface area (Å²) >= 11 is 3.36. The summed E-state index contributed by atoms with van der Waals surface area (Å²) in [7, 11) is 0. The summed E-state index contributed by atoms with van der Waals surface area (Å²) in [5, 5.41) is 7.39. The Bertz CT molecular complexity index is 633. The van der Waals surface area contributed by atoms with Gasteiger partial charge in [-0.2, -0.15) is 5.10 Å². The molecule has 5 heteroatoms. The molecule has 0 aliphatic heterocycles. The van der Waals surface area contributed by atoms with Crippen LogP contribution in [0, 0.1) is 0 Å². The molecule has 1 aromatic heterocycles. The molecule has 0 saturated carbocycles. The smallest absolute Gasteiger partial charge is 0.251 e. The van der Waals surface area contributed by atoms with Gasteiger partial charge in [0.2, 0.25) is 0 Å². The molecular formula is C16H18BrN3O. The molecule has 1 aliphatic rings. The zero-order chi connectivity index (χ0) is 14.7. The van der Waals surface area contributed by atoms with Gasteiger partial charge in [0.1, 0.15) is 0 Å². The molecule has 0 atom stereocenters. The maximum absolute atomic E-state index is 12.0. The van der Waals surface area contributed by atoms with Gasteiger partial charge in [-0.3, -0.25) is 9.48 Å². The fourth-order valence-corrected chi connectivity index (χ4v) is 2.99. The first-order valence-corrected chi connectivity index (χ1v) is 8.10. The van der Waals surface area contributed by atoms with Gasteiger partial charge in [0.15, 0.2) is 0 Å². The van der Waals surface area contributed by atoms with Crippen molar-refractivity contribution in [1.29, 1.82) is 0 Å². The van der Waals surface area contributed by atoms with Gasteiger partial charge in [-0.25, -0.2) is 0 Å². The Labute approximate surface area is 132 Å². The first kappa shape index (κ1) is 14.3. The summed E-state index contributed by atoms with van der Waals surface area (Å²) in [6.45, 7) is 1.33. The number of halogens is 1. The molecule has 0 fully saturated rings. The average Bonchev–Trinajstić information content (AvgIpc) is 2.91. The van der Waals surface area contributed by atoms with Crippen molar-refractivity contribution in [3.05, 3.63) is 51.8 Å². The summed E-state index contributed by atoms with van der Waals surface area (Å²) in [4.78, 5) is 12.0. The van der Waals surface area contributed by atoms with Gasteiger partial charge in [-0.05, 0) is 55.5 Å². The normalized spacial score (nSPS) is 13.8. The first-order chi connectivity index (χ1) is 10.2. The van der Waals surface area contributed by atoms with E-state index in [-0.39, 0.29) is 5.91 Å². The monoisotopic (exact) mass is 347 g/mol. The van der Waals surface area contributed by atoms with Crippen LogP contribution < -0.4 is 5.32 Å². The van der Waals surface area contributed by atoms with Gasteiger partial charge in [-0.1, -0.05) is 15.9 Å². The number of carbonyl (C=O) groups is 1. The van der Waals surface area contributed by atoms with Gasteiger partial charge in [-0.15, -0.1) is 0 Å². The summed E-state index contributed by atoms with van der Waals surface area (Å²) in [6.07, 6.45) is 6.73. The minimum atomic E-state index is -0.0384. The van der Waals surface area contributed by atoms with Crippen LogP contribution in [0.2, 0.25) is 0 Å². The number of amides is 1. The second kappa shape index (κ2) is 6.43. The minimum Gasteiger partial charge on any atom is -0.350 e. The van der Waals surface area contributed by atoms with Crippen LogP contribution in [0.25, 0.3) is 0 Å². The van der Waals surface area contributed by atoms with Crippen molar-refractivity contribution in [2.75, 3.05) is 6.54 Å². The maximum atomic E-state index is 12.0. The minimum absolute atomic E-state index is 0.0384. The number of hydrogen-bond acceptors (Lipinski definition) is 2. The third kappa shape index (κ3) is 3.35. The summed E-state index contributed by atoms with van der Waals surface area (Å²) in [5.74, 6) is -0.0384. The fourth-order valence-electron chi connectivity index (χ4n) is 2.73. The van der Waals surface area contributed by atoms with E-state index in [1.54, 1.807) is 0 Å². The van der Waals surface area contributed by atoms with E-state index < -0.39 is 0 Å². The fraction of sp³-hybridized carbons (Fsp3) is 0.375. The topological polar surface area (TPSA) is 46.9 Å². The van der Waals surface area contributed by atoms with Crippen LogP contribution in [0.4, 0.5) is 0 Å². The number of rotatable bonds is 4.